The Hall–Kier alpha value is -1.45. The van der Waals surface area contributed by atoms with Crippen molar-refractivity contribution in [1.82, 2.24) is 4.98 Å². The Morgan fingerprint density at radius 3 is 2.72 bits per heavy atom. The number of benzene rings is 1. The Labute approximate surface area is 116 Å². The maximum atomic E-state index is 6.10. The van der Waals surface area contributed by atoms with E-state index in [0.29, 0.717) is 10.0 Å². The Balaban J connectivity index is 2.20. The van der Waals surface area contributed by atoms with Crippen LogP contribution in [0.25, 0.3) is 0 Å². The molecule has 0 spiro atoms. The summed E-state index contributed by atoms with van der Waals surface area (Å²) in [6.45, 7) is 2.86. The van der Waals surface area contributed by atoms with E-state index in [1.165, 1.54) is 0 Å². The molecule has 0 aliphatic carbocycles. The molecule has 1 aromatic heterocycles. The van der Waals surface area contributed by atoms with Gasteiger partial charge < -0.3 is 10.6 Å². The molecule has 0 aliphatic heterocycles. The fourth-order valence-corrected chi connectivity index (χ4v) is 1.99. The number of hydrogen-bond donors (Lipinski definition) is 2. The predicted octanol–water partition coefficient (Wildman–Crippen LogP) is 4.56. The number of aromatic nitrogens is 1. The largest absolute Gasteiger partial charge is 0.370 e. The van der Waals surface area contributed by atoms with Crippen LogP contribution in [0.1, 0.15) is 6.92 Å². The van der Waals surface area contributed by atoms with Crippen LogP contribution in [-0.4, -0.2) is 11.5 Å². The molecule has 2 aromatic rings. The highest BCUT2D eigenvalue weighted by Gasteiger charge is 2.02. The van der Waals surface area contributed by atoms with Crippen molar-refractivity contribution >= 4 is 40.4 Å². The molecule has 0 atom stereocenters. The highest BCUT2D eigenvalue weighted by atomic mass is 35.5. The molecule has 0 saturated carbocycles. The molecule has 94 valence electrons. The van der Waals surface area contributed by atoms with Gasteiger partial charge in [0.1, 0.15) is 5.82 Å². The van der Waals surface area contributed by atoms with Gasteiger partial charge in [0.25, 0.3) is 0 Å². The summed E-state index contributed by atoms with van der Waals surface area (Å²) in [5, 5.41) is 7.59. The van der Waals surface area contributed by atoms with E-state index in [0.717, 1.165) is 23.7 Å². The molecule has 1 heterocycles. The Bertz CT molecular complexity index is 544. The van der Waals surface area contributed by atoms with Crippen LogP contribution in [0.4, 0.5) is 17.2 Å². The van der Waals surface area contributed by atoms with Crippen molar-refractivity contribution in [2.24, 2.45) is 0 Å². The van der Waals surface area contributed by atoms with Crippen molar-refractivity contribution in [1.29, 1.82) is 0 Å². The maximum absolute atomic E-state index is 6.10. The second-order valence-electron chi connectivity index (χ2n) is 3.71. The smallest absolute Gasteiger partial charge is 0.127 e. The summed E-state index contributed by atoms with van der Waals surface area (Å²) in [5.74, 6) is 0.826. The summed E-state index contributed by atoms with van der Waals surface area (Å²) < 4.78 is 0. The first-order valence-electron chi connectivity index (χ1n) is 5.61. The molecule has 3 nitrogen and oxygen atoms in total. The first kappa shape index (κ1) is 13.0. The minimum atomic E-state index is 0.587. The molecule has 0 radical (unpaired) electrons. The SMILES string of the molecule is CCNc1cc(Nc2ccc(Cl)cc2Cl)ccn1. The van der Waals surface area contributed by atoms with E-state index in [1.807, 2.05) is 25.1 Å². The van der Waals surface area contributed by atoms with E-state index in [9.17, 15) is 0 Å². The topological polar surface area (TPSA) is 37.0 Å². The number of hydrogen-bond acceptors (Lipinski definition) is 3. The van der Waals surface area contributed by atoms with Crippen LogP contribution in [0, 0.1) is 0 Å². The zero-order valence-corrected chi connectivity index (χ0v) is 11.4. The normalized spacial score (nSPS) is 10.2. The van der Waals surface area contributed by atoms with Gasteiger partial charge in [-0.2, -0.15) is 0 Å². The maximum Gasteiger partial charge on any atom is 0.127 e. The predicted molar refractivity (Wildman–Crippen MR) is 78.1 cm³/mol. The Morgan fingerprint density at radius 2 is 2.00 bits per heavy atom. The molecule has 0 amide bonds. The van der Waals surface area contributed by atoms with Crippen LogP contribution >= 0.6 is 23.2 Å². The number of halogens is 2. The summed E-state index contributed by atoms with van der Waals surface area (Å²) in [7, 11) is 0. The molecule has 5 heteroatoms. The van der Waals surface area contributed by atoms with Gasteiger partial charge >= 0.3 is 0 Å². The van der Waals surface area contributed by atoms with Crippen molar-refractivity contribution < 1.29 is 0 Å². The second kappa shape index (κ2) is 5.94. The third-order valence-corrected chi connectivity index (χ3v) is 2.88. The third-order valence-electron chi connectivity index (χ3n) is 2.33. The molecule has 0 unspecified atom stereocenters. The molecule has 0 aliphatic rings. The highest BCUT2D eigenvalue weighted by Crippen LogP contribution is 2.28. The fourth-order valence-electron chi connectivity index (χ4n) is 1.53. The van der Waals surface area contributed by atoms with Gasteiger partial charge in [-0.3, -0.25) is 0 Å². The lowest BCUT2D eigenvalue weighted by molar-refractivity contribution is 1.16. The van der Waals surface area contributed by atoms with Gasteiger partial charge in [-0.1, -0.05) is 23.2 Å². The van der Waals surface area contributed by atoms with Crippen LogP contribution in [-0.2, 0) is 0 Å². The summed E-state index contributed by atoms with van der Waals surface area (Å²) in [6.07, 6.45) is 1.74. The minimum Gasteiger partial charge on any atom is -0.370 e. The van der Waals surface area contributed by atoms with Gasteiger partial charge in [0.15, 0.2) is 0 Å². The molecular weight excluding hydrogens is 269 g/mol. The van der Waals surface area contributed by atoms with Gasteiger partial charge in [-0.25, -0.2) is 4.98 Å². The second-order valence-corrected chi connectivity index (χ2v) is 4.55. The zero-order valence-electron chi connectivity index (χ0n) is 9.87. The summed E-state index contributed by atoms with van der Waals surface area (Å²) in [4.78, 5) is 4.20. The quantitative estimate of drug-likeness (QED) is 0.862. The van der Waals surface area contributed by atoms with Crippen molar-refractivity contribution in [3.63, 3.8) is 0 Å². The van der Waals surface area contributed by atoms with E-state index in [1.54, 1.807) is 18.3 Å². The fraction of sp³-hybridized carbons (Fsp3) is 0.154. The van der Waals surface area contributed by atoms with E-state index in [2.05, 4.69) is 15.6 Å². The molecule has 0 fully saturated rings. The summed E-state index contributed by atoms with van der Waals surface area (Å²) >= 11 is 12.0. The number of nitrogens with one attached hydrogen (secondary N) is 2. The van der Waals surface area contributed by atoms with E-state index < -0.39 is 0 Å². The van der Waals surface area contributed by atoms with Gasteiger partial charge in [0.2, 0.25) is 0 Å². The standard InChI is InChI=1S/C13H13Cl2N3/c1-2-16-13-8-10(5-6-17-13)18-12-4-3-9(14)7-11(12)15/h3-8H,2H2,1H3,(H2,16,17,18). The lowest BCUT2D eigenvalue weighted by atomic mass is 10.3. The lowest BCUT2D eigenvalue weighted by Gasteiger charge is -2.10. The molecule has 0 saturated heterocycles. The van der Waals surface area contributed by atoms with Crippen LogP contribution in [0.15, 0.2) is 36.5 Å². The zero-order chi connectivity index (χ0) is 13.0. The lowest BCUT2D eigenvalue weighted by Crippen LogP contribution is -2.00. The number of pyridine rings is 1. The Morgan fingerprint density at radius 1 is 1.17 bits per heavy atom. The van der Waals surface area contributed by atoms with Crippen molar-refractivity contribution in [3.8, 4) is 0 Å². The van der Waals surface area contributed by atoms with Crippen LogP contribution in [0.3, 0.4) is 0 Å². The molecule has 18 heavy (non-hydrogen) atoms. The van der Waals surface area contributed by atoms with Gasteiger partial charge in [-0.15, -0.1) is 0 Å². The molecule has 2 rings (SSSR count). The van der Waals surface area contributed by atoms with Crippen LogP contribution in [0.5, 0.6) is 0 Å². The molecule has 0 bridgehead atoms. The summed E-state index contributed by atoms with van der Waals surface area (Å²) in [6, 6.07) is 9.15. The van der Waals surface area contributed by atoms with Crippen LogP contribution < -0.4 is 10.6 Å². The number of nitrogens with zero attached hydrogens (tertiary/aromatic N) is 1. The van der Waals surface area contributed by atoms with E-state index in [4.69, 9.17) is 23.2 Å². The first-order chi connectivity index (χ1) is 8.69. The van der Waals surface area contributed by atoms with Gasteiger partial charge in [0, 0.05) is 29.5 Å². The van der Waals surface area contributed by atoms with Crippen LogP contribution in [0.2, 0.25) is 10.0 Å². The number of anilines is 3. The van der Waals surface area contributed by atoms with Crippen molar-refractivity contribution in [2.45, 2.75) is 6.92 Å². The highest BCUT2D eigenvalue weighted by molar-refractivity contribution is 6.36. The van der Waals surface area contributed by atoms with E-state index >= 15 is 0 Å². The average molecular weight is 282 g/mol. The van der Waals surface area contributed by atoms with Crippen molar-refractivity contribution in [2.75, 3.05) is 17.2 Å². The van der Waals surface area contributed by atoms with E-state index in [-0.39, 0.29) is 0 Å². The molecular formula is C13H13Cl2N3. The Kier molecular flexibility index (Phi) is 4.28. The monoisotopic (exact) mass is 281 g/mol. The number of rotatable bonds is 4. The van der Waals surface area contributed by atoms with Crippen molar-refractivity contribution in [3.05, 3.63) is 46.6 Å². The average Bonchev–Trinajstić information content (AvgIpc) is 2.34. The summed E-state index contributed by atoms with van der Waals surface area (Å²) in [5.41, 5.74) is 1.74. The van der Waals surface area contributed by atoms with Gasteiger partial charge in [-0.05, 0) is 31.2 Å². The third kappa shape index (κ3) is 3.28. The minimum absolute atomic E-state index is 0.587. The molecule has 1 aromatic carbocycles. The first-order valence-corrected chi connectivity index (χ1v) is 6.36. The molecule has 2 N–H and O–H groups in total. The van der Waals surface area contributed by atoms with Gasteiger partial charge in [0.05, 0.1) is 10.7 Å².